The van der Waals surface area contributed by atoms with Crippen LogP contribution in [0.5, 0.6) is 0 Å². The summed E-state index contributed by atoms with van der Waals surface area (Å²) in [6.45, 7) is 9.81. The third-order valence-corrected chi connectivity index (χ3v) is 5.83. The Bertz CT molecular complexity index is 615. The molecule has 0 aliphatic carbocycles. The summed E-state index contributed by atoms with van der Waals surface area (Å²) >= 11 is 11.6. The first-order valence-electron chi connectivity index (χ1n) is 7.11. The second-order valence-electron chi connectivity index (χ2n) is 6.11. The molecule has 1 heterocycles. The van der Waals surface area contributed by atoms with Crippen molar-refractivity contribution < 1.29 is 0 Å². The van der Waals surface area contributed by atoms with E-state index in [1.807, 2.05) is 23.5 Å². The summed E-state index contributed by atoms with van der Waals surface area (Å²) in [5.41, 5.74) is 1.42. The van der Waals surface area contributed by atoms with Gasteiger partial charge in [-0.05, 0) is 41.8 Å². The molecule has 0 fully saturated rings. The van der Waals surface area contributed by atoms with Crippen LogP contribution in [0.1, 0.15) is 49.1 Å². The first kappa shape index (κ1) is 17.0. The monoisotopic (exact) mass is 385 g/mol. The van der Waals surface area contributed by atoms with Crippen LogP contribution in [0.3, 0.4) is 0 Å². The highest BCUT2D eigenvalue weighted by Crippen LogP contribution is 2.37. The zero-order valence-electron chi connectivity index (χ0n) is 12.8. The first-order chi connectivity index (χ1) is 9.82. The number of halogens is 2. The molecule has 1 nitrogen and oxygen atoms in total. The fraction of sp³-hybridized carbons (Fsp3) is 0.412. The van der Waals surface area contributed by atoms with Crippen LogP contribution in [0.15, 0.2) is 34.8 Å². The number of hydrogen-bond donors (Lipinski definition) is 1. The summed E-state index contributed by atoms with van der Waals surface area (Å²) in [6.07, 6.45) is 0. The number of nitrogens with one attached hydrogen (secondary N) is 1. The number of hydrogen-bond acceptors (Lipinski definition) is 2. The van der Waals surface area contributed by atoms with Gasteiger partial charge in [0.15, 0.2) is 0 Å². The molecule has 0 amide bonds. The van der Waals surface area contributed by atoms with E-state index in [2.05, 4.69) is 67.1 Å². The molecule has 1 atom stereocenters. The van der Waals surface area contributed by atoms with Gasteiger partial charge in [-0.3, -0.25) is 0 Å². The third kappa shape index (κ3) is 4.10. The molecule has 0 saturated carbocycles. The van der Waals surface area contributed by atoms with Gasteiger partial charge in [-0.25, -0.2) is 0 Å². The predicted molar refractivity (Wildman–Crippen MR) is 97.7 cm³/mol. The first-order valence-corrected chi connectivity index (χ1v) is 9.10. The lowest BCUT2D eigenvalue weighted by Crippen LogP contribution is -2.21. The van der Waals surface area contributed by atoms with Crippen molar-refractivity contribution in [2.45, 2.75) is 39.2 Å². The van der Waals surface area contributed by atoms with E-state index in [1.54, 1.807) is 0 Å². The summed E-state index contributed by atoms with van der Waals surface area (Å²) in [6, 6.07) is 10.7. The fourth-order valence-corrected chi connectivity index (χ4v) is 4.29. The molecule has 1 aromatic carbocycles. The van der Waals surface area contributed by atoms with Crippen molar-refractivity contribution in [2.75, 3.05) is 6.54 Å². The van der Waals surface area contributed by atoms with Gasteiger partial charge in [-0.15, -0.1) is 11.3 Å². The van der Waals surface area contributed by atoms with Crippen molar-refractivity contribution in [3.8, 4) is 0 Å². The van der Waals surface area contributed by atoms with Crippen molar-refractivity contribution in [3.63, 3.8) is 0 Å². The Morgan fingerprint density at radius 3 is 2.48 bits per heavy atom. The lowest BCUT2D eigenvalue weighted by molar-refractivity contribution is 0.604. The summed E-state index contributed by atoms with van der Waals surface area (Å²) in [5.74, 6) is 0. The summed E-state index contributed by atoms with van der Waals surface area (Å²) in [7, 11) is 0. The van der Waals surface area contributed by atoms with Crippen LogP contribution in [0.4, 0.5) is 0 Å². The molecule has 2 rings (SSSR count). The molecular formula is C17H21BrClNS. The molecule has 2 aromatic rings. The van der Waals surface area contributed by atoms with E-state index in [0.717, 1.165) is 16.0 Å². The minimum atomic E-state index is 0.191. The Kier molecular flexibility index (Phi) is 5.53. The largest absolute Gasteiger partial charge is 0.306 e. The maximum Gasteiger partial charge on any atom is 0.0682 e. The van der Waals surface area contributed by atoms with E-state index < -0.39 is 0 Å². The molecule has 21 heavy (non-hydrogen) atoms. The zero-order valence-corrected chi connectivity index (χ0v) is 16.0. The summed E-state index contributed by atoms with van der Waals surface area (Å²) < 4.78 is 1.05. The smallest absolute Gasteiger partial charge is 0.0682 e. The molecule has 0 radical (unpaired) electrons. The number of rotatable bonds is 4. The highest BCUT2D eigenvalue weighted by molar-refractivity contribution is 9.10. The van der Waals surface area contributed by atoms with Crippen molar-refractivity contribution in [3.05, 3.63) is 55.1 Å². The van der Waals surface area contributed by atoms with Crippen LogP contribution in [0, 0.1) is 0 Å². The zero-order chi connectivity index (χ0) is 15.6. The highest BCUT2D eigenvalue weighted by atomic mass is 79.9. The summed E-state index contributed by atoms with van der Waals surface area (Å²) in [4.78, 5) is 2.75. The normalized spacial score (nSPS) is 13.4. The molecule has 114 valence electrons. The topological polar surface area (TPSA) is 12.0 Å². The Morgan fingerprint density at radius 2 is 1.95 bits per heavy atom. The van der Waals surface area contributed by atoms with Gasteiger partial charge in [0.25, 0.3) is 0 Å². The molecule has 0 aliphatic rings. The predicted octanol–water partition coefficient (Wildman–Crippen LogP) is 6.16. The average molecular weight is 387 g/mol. The molecular weight excluding hydrogens is 366 g/mol. The number of benzene rings is 1. The van der Waals surface area contributed by atoms with Crippen molar-refractivity contribution in [1.82, 2.24) is 5.32 Å². The molecule has 0 saturated heterocycles. The van der Waals surface area contributed by atoms with E-state index in [0.29, 0.717) is 0 Å². The molecule has 0 aliphatic heterocycles. The standard InChI is InChI=1S/C17H21BrClNS/c1-5-20-16(12-7-6-11(19)10-13(12)18)14-8-9-15(21-14)17(2,3)4/h6-10,16,20H,5H2,1-4H3. The lowest BCUT2D eigenvalue weighted by Gasteiger charge is -2.20. The second-order valence-corrected chi connectivity index (χ2v) is 8.51. The lowest BCUT2D eigenvalue weighted by atomic mass is 9.95. The van der Waals surface area contributed by atoms with Gasteiger partial charge >= 0.3 is 0 Å². The van der Waals surface area contributed by atoms with Gasteiger partial charge < -0.3 is 5.32 Å². The quantitative estimate of drug-likeness (QED) is 0.663. The maximum atomic E-state index is 6.06. The fourth-order valence-electron chi connectivity index (χ4n) is 2.21. The SMILES string of the molecule is CCNC(c1ccc(C(C)(C)C)s1)c1ccc(Cl)cc1Br. The van der Waals surface area contributed by atoms with E-state index in [-0.39, 0.29) is 11.5 Å². The van der Waals surface area contributed by atoms with Gasteiger partial charge in [0.2, 0.25) is 0 Å². The minimum absolute atomic E-state index is 0.191. The van der Waals surface area contributed by atoms with Crippen molar-refractivity contribution >= 4 is 38.9 Å². The molecule has 0 spiro atoms. The van der Waals surface area contributed by atoms with Crippen LogP contribution in [0.2, 0.25) is 5.02 Å². The van der Waals surface area contributed by atoms with E-state index in [1.165, 1.54) is 15.3 Å². The van der Waals surface area contributed by atoms with E-state index in [9.17, 15) is 0 Å². The highest BCUT2D eigenvalue weighted by Gasteiger charge is 2.21. The molecule has 1 aromatic heterocycles. The van der Waals surface area contributed by atoms with Gasteiger partial charge in [0, 0.05) is 19.2 Å². The molecule has 4 heteroatoms. The van der Waals surface area contributed by atoms with Crippen LogP contribution in [-0.4, -0.2) is 6.54 Å². The van der Waals surface area contributed by atoms with Crippen LogP contribution in [0.25, 0.3) is 0 Å². The third-order valence-electron chi connectivity index (χ3n) is 3.33. The average Bonchev–Trinajstić information content (AvgIpc) is 2.86. The van der Waals surface area contributed by atoms with Crippen LogP contribution < -0.4 is 5.32 Å². The minimum Gasteiger partial charge on any atom is -0.306 e. The van der Waals surface area contributed by atoms with Gasteiger partial charge in [0.05, 0.1) is 6.04 Å². The summed E-state index contributed by atoms with van der Waals surface area (Å²) in [5, 5.41) is 4.33. The van der Waals surface area contributed by atoms with Gasteiger partial charge in [-0.2, -0.15) is 0 Å². The molecule has 0 bridgehead atoms. The Morgan fingerprint density at radius 1 is 1.24 bits per heavy atom. The molecule has 1 N–H and O–H groups in total. The van der Waals surface area contributed by atoms with Crippen molar-refractivity contribution in [1.29, 1.82) is 0 Å². The van der Waals surface area contributed by atoms with Gasteiger partial charge in [-0.1, -0.05) is 61.3 Å². The van der Waals surface area contributed by atoms with Crippen LogP contribution in [-0.2, 0) is 5.41 Å². The second kappa shape index (κ2) is 6.82. The van der Waals surface area contributed by atoms with E-state index in [4.69, 9.17) is 11.6 Å². The molecule has 1 unspecified atom stereocenters. The van der Waals surface area contributed by atoms with Gasteiger partial charge in [0.1, 0.15) is 0 Å². The Labute approximate surface area is 144 Å². The van der Waals surface area contributed by atoms with Crippen LogP contribution >= 0.6 is 38.9 Å². The maximum absolute atomic E-state index is 6.06. The Balaban J connectivity index is 2.41. The Hall–Kier alpha value is -0.350. The number of thiophene rings is 1. The van der Waals surface area contributed by atoms with E-state index >= 15 is 0 Å². The van der Waals surface area contributed by atoms with Crippen molar-refractivity contribution in [2.24, 2.45) is 0 Å².